The van der Waals surface area contributed by atoms with Gasteiger partial charge in [-0.2, -0.15) is 0 Å². The Bertz CT molecular complexity index is 686. The first-order valence-corrected chi connectivity index (χ1v) is 12.4. The van der Waals surface area contributed by atoms with E-state index in [-0.39, 0.29) is 0 Å². The molecule has 5 nitrogen and oxygen atoms in total. The van der Waals surface area contributed by atoms with Crippen LogP contribution in [0.3, 0.4) is 0 Å². The Kier molecular flexibility index (Phi) is 10.8. The van der Waals surface area contributed by atoms with Crippen molar-refractivity contribution in [3.8, 4) is 11.8 Å². The smallest absolute Gasteiger partial charge is 0.225 e. The number of anilines is 1. The molecule has 0 bridgehead atoms. The van der Waals surface area contributed by atoms with Gasteiger partial charge in [-0.05, 0) is 58.5 Å². The molecule has 0 spiro atoms. The third kappa shape index (κ3) is 7.77. The van der Waals surface area contributed by atoms with Gasteiger partial charge in [0.1, 0.15) is 0 Å². The summed E-state index contributed by atoms with van der Waals surface area (Å²) < 4.78 is 0. The molecule has 1 aromatic heterocycles. The lowest BCUT2D eigenvalue weighted by Gasteiger charge is -2.48. The molecule has 0 aromatic carbocycles. The number of aromatic nitrogens is 2. The quantitative estimate of drug-likeness (QED) is 0.507. The van der Waals surface area contributed by atoms with Gasteiger partial charge in [0.15, 0.2) is 0 Å². The summed E-state index contributed by atoms with van der Waals surface area (Å²) in [4.78, 5) is 16.8. The normalized spacial score (nSPS) is 19.9. The van der Waals surface area contributed by atoms with Gasteiger partial charge in [-0.3, -0.25) is 9.80 Å². The molecule has 0 N–H and O–H groups in total. The first-order valence-electron chi connectivity index (χ1n) is 12.4. The van der Waals surface area contributed by atoms with Crippen LogP contribution in [0, 0.1) is 17.8 Å². The standard InChI is InChI=1S/C26H45N5/c1-8-24(9-2)30-19-22(6)31(25(10-3)20-30)26-27-17-23(18-28-26)14-12-16-29(7)15-11-13-21(4)5/h17-18,21-22,24-25H,8-11,13,15-16,19-20H2,1-7H3. The Hall–Kier alpha value is -1.64. The molecular formula is C26H45N5. The predicted octanol–water partition coefficient (Wildman–Crippen LogP) is 4.67. The molecule has 2 heterocycles. The topological polar surface area (TPSA) is 35.5 Å². The van der Waals surface area contributed by atoms with Crippen molar-refractivity contribution >= 4 is 5.95 Å². The molecular weight excluding hydrogens is 382 g/mol. The summed E-state index contributed by atoms with van der Waals surface area (Å²) in [5, 5.41) is 0. The third-order valence-corrected chi connectivity index (χ3v) is 6.51. The van der Waals surface area contributed by atoms with E-state index >= 15 is 0 Å². The van der Waals surface area contributed by atoms with E-state index < -0.39 is 0 Å². The number of rotatable bonds is 10. The summed E-state index contributed by atoms with van der Waals surface area (Å²) in [6, 6.07) is 1.55. The first kappa shape index (κ1) is 25.6. The molecule has 1 fully saturated rings. The van der Waals surface area contributed by atoms with Crippen LogP contribution in [-0.2, 0) is 0 Å². The fourth-order valence-electron chi connectivity index (χ4n) is 4.65. The maximum absolute atomic E-state index is 4.71. The third-order valence-electron chi connectivity index (χ3n) is 6.51. The molecule has 174 valence electrons. The van der Waals surface area contributed by atoms with Gasteiger partial charge in [0.2, 0.25) is 5.95 Å². The van der Waals surface area contributed by atoms with Crippen molar-refractivity contribution in [2.75, 3.05) is 38.1 Å². The largest absolute Gasteiger partial charge is 0.333 e. The van der Waals surface area contributed by atoms with Gasteiger partial charge in [-0.1, -0.05) is 46.5 Å². The average Bonchev–Trinajstić information content (AvgIpc) is 2.74. The van der Waals surface area contributed by atoms with Gasteiger partial charge < -0.3 is 4.90 Å². The fourth-order valence-corrected chi connectivity index (χ4v) is 4.65. The Balaban J connectivity index is 1.96. The molecule has 0 amide bonds. The van der Waals surface area contributed by atoms with Crippen LogP contribution in [0.25, 0.3) is 0 Å². The van der Waals surface area contributed by atoms with E-state index in [1.807, 2.05) is 12.4 Å². The lowest BCUT2D eigenvalue weighted by atomic mass is 10.0. The van der Waals surface area contributed by atoms with E-state index in [1.54, 1.807) is 0 Å². The van der Waals surface area contributed by atoms with Crippen molar-refractivity contribution in [1.82, 2.24) is 19.8 Å². The van der Waals surface area contributed by atoms with Crippen molar-refractivity contribution in [3.63, 3.8) is 0 Å². The lowest BCUT2D eigenvalue weighted by molar-refractivity contribution is 0.129. The lowest BCUT2D eigenvalue weighted by Crippen LogP contribution is -2.60. The summed E-state index contributed by atoms with van der Waals surface area (Å²) in [7, 11) is 2.14. The van der Waals surface area contributed by atoms with Crippen molar-refractivity contribution in [1.29, 1.82) is 0 Å². The van der Waals surface area contributed by atoms with Crippen molar-refractivity contribution < 1.29 is 0 Å². The van der Waals surface area contributed by atoms with E-state index in [9.17, 15) is 0 Å². The molecule has 0 radical (unpaired) electrons. The highest BCUT2D eigenvalue weighted by Crippen LogP contribution is 2.25. The minimum atomic E-state index is 0.413. The molecule has 1 saturated heterocycles. The average molecular weight is 428 g/mol. The molecule has 0 aliphatic carbocycles. The maximum atomic E-state index is 4.71. The number of hydrogen-bond acceptors (Lipinski definition) is 5. The van der Waals surface area contributed by atoms with Crippen LogP contribution in [0.15, 0.2) is 12.4 Å². The monoisotopic (exact) mass is 427 g/mol. The van der Waals surface area contributed by atoms with Crippen LogP contribution in [0.5, 0.6) is 0 Å². The van der Waals surface area contributed by atoms with E-state index in [2.05, 4.69) is 75.1 Å². The molecule has 1 aliphatic rings. The molecule has 1 aliphatic heterocycles. The van der Waals surface area contributed by atoms with E-state index in [1.165, 1.54) is 25.7 Å². The van der Waals surface area contributed by atoms with E-state index in [0.29, 0.717) is 18.1 Å². The zero-order valence-electron chi connectivity index (χ0n) is 21.1. The molecule has 31 heavy (non-hydrogen) atoms. The number of piperazine rings is 1. The zero-order chi connectivity index (χ0) is 22.8. The van der Waals surface area contributed by atoms with E-state index in [4.69, 9.17) is 9.97 Å². The summed E-state index contributed by atoms with van der Waals surface area (Å²) >= 11 is 0. The Morgan fingerprint density at radius 2 is 1.81 bits per heavy atom. The summed E-state index contributed by atoms with van der Waals surface area (Å²) in [6.07, 6.45) is 9.83. The maximum Gasteiger partial charge on any atom is 0.225 e. The van der Waals surface area contributed by atoms with Crippen LogP contribution in [-0.4, -0.2) is 71.1 Å². The van der Waals surface area contributed by atoms with Gasteiger partial charge in [-0.15, -0.1) is 0 Å². The molecule has 2 atom stereocenters. The second-order valence-corrected chi connectivity index (χ2v) is 9.59. The SMILES string of the molecule is CCC(CC)N1CC(C)N(c2ncc(C#CCN(C)CCCC(C)C)cn2)C(CC)C1. The minimum Gasteiger partial charge on any atom is -0.333 e. The summed E-state index contributed by atoms with van der Waals surface area (Å²) in [6.45, 7) is 17.8. The second kappa shape index (κ2) is 13.0. The van der Waals surface area contributed by atoms with Crippen LogP contribution < -0.4 is 4.90 Å². The summed E-state index contributed by atoms with van der Waals surface area (Å²) in [5.41, 5.74) is 0.899. The zero-order valence-corrected chi connectivity index (χ0v) is 21.1. The minimum absolute atomic E-state index is 0.413. The van der Waals surface area contributed by atoms with Gasteiger partial charge in [0, 0.05) is 43.6 Å². The van der Waals surface area contributed by atoms with Gasteiger partial charge >= 0.3 is 0 Å². The number of nitrogens with zero attached hydrogens (tertiary/aromatic N) is 5. The summed E-state index contributed by atoms with van der Waals surface area (Å²) in [5.74, 6) is 8.13. The predicted molar refractivity (Wildman–Crippen MR) is 132 cm³/mol. The van der Waals surface area contributed by atoms with Crippen LogP contribution in [0.1, 0.15) is 79.2 Å². The van der Waals surface area contributed by atoms with Gasteiger partial charge in [-0.25, -0.2) is 9.97 Å². The van der Waals surface area contributed by atoms with Crippen LogP contribution in [0.4, 0.5) is 5.95 Å². The van der Waals surface area contributed by atoms with Crippen molar-refractivity contribution in [3.05, 3.63) is 18.0 Å². The van der Waals surface area contributed by atoms with Crippen molar-refractivity contribution in [2.24, 2.45) is 5.92 Å². The highest BCUT2D eigenvalue weighted by atomic mass is 15.4. The molecule has 5 heteroatoms. The second-order valence-electron chi connectivity index (χ2n) is 9.59. The van der Waals surface area contributed by atoms with Crippen LogP contribution >= 0.6 is 0 Å². The van der Waals surface area contributed by atoms with E-state index in [0.717, 1.165) is 50.0 Å². The van der Waals surface area contributed by atoms with Crippen molar-refractivity contribution in [2.45, 2.75) is 91.8 Å². The van der Waals surface area contributed by atoms with Gasteiger partial charge in [0.25, 0.3) is 0 Å². The Morgan fingerprint density at radius 3 is 2.39 bits per heavy atom. The van der Waals surface area contributed by atoms with Crippen LogP contribution in [0.2, 0.25) is 0 Å². The molecule has 2 unspecified atom stereocenters. The highest BCUT2D eigenvalue weighted by Gasteiger charge is 2.34. The molecule has 1 aromatic rings. The fraction of sp³-hybridized carbons (Fsp3) is 0.769. The Labute approximate surface area is 191 Å². The molecule has 2 rings (SSSR count). The van der Waals surface area contributed by atoms with Gasteiger partial charge in [0.05, 0.1) is 12.1 Å². The Morgan fingerprint density at radius 1 is 1.13 bits per heavy atom. The molecule has 0 saturated carbocycles. The number of hydrogen-bond donors (Lipinski definition) is 0. The highest BCUT2D eigenvalue weighted by molar-refractivity contribution is 5.38. The first-order chi connectivity index (χ1) is 14.9.